The predicted octanol–water partition coefficient (Wildman–Crippen LogP) is 1.22. The molecule has 0 bridgehead atoms. The molecule has 0 unspecified atom stereocenters. The number of ether oxygens (including phenoxy) is 1. The van der Waals surface area contributed by atoms with Gasteiger partial charge in [-0.25, -0.2) is 8.42 Å². The van der Waals surface area contributed by atoms with Crippen molar-refractivity contribution in [2.75, 3.05) is 26.2 Å². The van der Waals surface area contributed by atoms with Gasteiger partial charge < -0.3 is 10.5 Å². The Hall–Kier alpha value is -0.660. The molecule has 0 aromatic heterocycles. The minimum Gasteiger partial charge on any atom is -0.375 e. The highest BCUT2D eigenvalue weighted by molar-refractivity contribution is 7.88. The maximum absolute atomic E-state index is 12.4. The van der Waals surface area contributed by atoms with E-state index in [2.05, 4.69) is 0 Å². The lowest BCUT2D eigenvalue weighted by Gasteiger charge is -2.32. The Morgan fingerprint density at radius 3 is 2.85 bits per heavy atom. The number of halogens is 1. The molecule has 0 aliphatic carbocycles. The largest absolute Gasteiger partial charge is 0.375 e. The average molecular weight is 319 g/mol. The number of nitrogens with zero attached hydrogens (tertiary/aromatic N) is 1. The van der Waals surface area contributed by atoms with Gasteiger partial charge in [-0.05, 0) is 24.6 Å². The number of rotatable bonds is 5. The maximum Gasteiger partial charge on any atom is 0.218 e. The van der Waals surface area contributed by atoms with Gasteiger partial charge in [0.25, 0.3) is 0 Å². The fourth-order valence-corrected chi connectivity index (χ4v) is 4.06. The fraction of sp³-hybridized carbons (Fsp3) is 0.538. The van der Waals surface area contributed by atoms with E-state index in [1.165, 1.54) is 4.31 Å². The number of morpholine rings is 1. The molecule has 1 aliphatic heterocycles. The number of hydrogen-bond donors (Lipinski definition) is 1. The van der Waals surface area contributed by atoms with Crippen LogP contribution in [0.3, 0.4) is 0 Å². The van der Waals surface area contributed by atoms with E-state index in [-0.39, 0.29) is 11.9 Å². The monoisotopic (exact) mass is 318 g/mol. The molecular weight excluding hydrogens is 300 g/mol. The molecule has 1 saturated heterocycles. The molecule has 2 rings (SSSR count). The molecule has 1 heterocycles. The lowest BCUT2D eigenvalue weighted by atomic mass is 10.2. The first-order valence-electron chi connectivity index (χ1n) is 6.56. The summed E-state index contributed by atoms with van der Waals surface area (Å²) in [5.74, 6) is -0.0813. The van der Waals surface area contributed by atoms with Crippen LogP contribution in [-0.2, 0) is 20.5 Å². The molecule has 112 valence electrons. The topological polar surface area (TPSA) is 72.6 Å². The number of sulfonamides is 1. The smallest absolute Gasteiger partial charge is 0.218 e. The fourth-order valence-electron chi connectivity index (χ4n) is 2.21. The van der Waals surface area contributed by atoms with Crippen LogP contribution in [0.5, 0.6) is 0 Å². The highest BCUT2D eigenvalue weighted by Crippen LogP contribution is 2.21. The van der Waals surface area contributed by atoms with Crippen molar-refractivity contribution in [2.24, 2.45) is 5.73 Å². The van der Waals surface area contributed by atoms with Crippen molar-refractivity contribution in [1.82, 2.24) is 4.31 Å². The quantitative estimate of drug-likeness (QED) is 0.886. The SMILES string of the molecule is NCC[C@H]1CN(S(=O)(=O)Cc2ccccc2Cl)CCO1. The summed E-state index contributed by atoms with van der Waals surface area (Å²) in [5, 5.41) is 0.475. The molecule has 0 amide bonds. The van der Waals surface area contributed by atoms with Crippen LogP contribution in [0, 0.1) is 0 Å². The average Bonchev–Trinajstić information content (AvgIpc) is 2.42. The van der Waals surface area contributed by atoms with Crippen LogP contribution in [-0.4, -0.2) is 45.1 Å². The summed E-state index contributed by atoms with van der Waals surface area (Å²) in [6.07, 6.45) is 0.549. The Labute approximate surface area is 124 Å². The molecule has 0 radical (unpaired) electrons. The molecule has 1 aromatic rings. The minimum absolute atomic E-state index is 0.0813. The predicted molar refractivity (Wildman–Crippen MR) is 79.1 cm³/mol. The first-order valence-corrected chi connectivity index (χ1v) is 8.54. The van der Waals surface area contributed by atoms with Gasteiger partial charge in [0.15, 0.2) is 0 Å². The van der Waals surface area contributed by atoms with Crippen LogP contribution in [0.15, 0.2) is 24.3 Å². The summed E-state index contributed by atoms with van der Waals surface area (Å²) in [4.78, 5) is 0. The highest BCUT2D eigenvalue weighted by Gasteiger charge is 2.29. The Balaban J connectivity index is 2.08. The van der Waals surface area contributed by atoms with Crippen LogP contribution < -0.4 is 5.73 Å². The third-order valence-corrected chi connectivity index (χ3v) is 5.44. The Kier molecular flexibility index (Phi) is 5.40. The first-order chi connectivity index (χ1) is 9.53. The van der Waals surface area contributed by atoms with Crippen molar-refractivity contribution in [1.29, 1.82) is 0 Å². The van der Waals surface area contributed by atoms with E-state index in [4.69, 9.17) is 22.1 Å². The van der Waals surface area contributed by atoms with Gasteiger partial charge >= 0.3 is 0 Å². The number of benzene rings is 1. The van der Waals surface area contributed by atoms with Gasteiger partial charge in [-0.15, -0.1) is 0 Å². The zero-order valence-electron chi connectivity index (χ0n) is 11.2. The molecule has 1 aromatic carbocycles. The van der Waals surface area contributed by atoms with Crippen LogP contribution in [0.1, 0.15) is 12.0 Å². The normalized spacial score (nSPS) is 21.0. The standard InChI is InChI=1S/C13H19ClN2O3S/c14-13-4-2-1-3-11(13)10-20(17,18)16-7-8-19-12(9-16)5-6-15/h1-4,12H,5-10,15H2/t12-/m0/s1. The molecule has 2 N–H and O–H groups in total. The third-order valence-electron chi connectivity index (χ3n) is 3.28. The zero-order chi connectivity index (χ0) is 14.6. The van der Waals surface area contributed by atoms with Crippen molar-refractivity contribution in [3.63, 3.8) is 0 Å². The molecular formula is C13H19ClN2O3S. The minimum atomic E-state index is -3.38. The van der Waals surface area contributed by atoms with Crippen LogP contribution in [0.25, 0.3) is 0 Å². The van der Waals surface area contributed by atoms with Gasteiger partial charge in [0.1, 0.15) is 0 Å². The van der Waals surface area contributed by atoms with E-state index >= 15 is 0 Å². The summed E-state index contributed by atoms with van der Waals surface area (Å²) in [7, 11) is -3.38. The molecule has 0 spiro atoms. The van der Waals surface area contributed by atoms with E-state index in [9.17, 15) is 8.42 Å². The molecule has 20 heavy (non-hydrogen) atoms. The molecule has 1 atom stereocenters. The highest BCUT2D eigenvalue weighted by atomic mass is 35.5. The lowest BCUT2D eigenvalue weighted by Crippen LogP contribution is -2.46. The second-order valence-corrected chi connectivity index (χ2v) is 7.15. The molecule has 5 nitrogen and oxygen atoms in total. The Morgan fingerprint density at radius 2 is 2.15 bits per heavy atom. The second-order valence-electron chi connectivity index (χ2n) is 4.78. The third kappa shape index (κ3) is 3.93. The van der Waals surface area contributed by atoms with Crippen LogP contribution in [0.4, 0.5) is 0 Å². The summed E-state index contributed by atoms with van der Waals surface area (Å²) in [5.41, 5.74) is 6.11. The zero-order valence-corrected chi connectivity index (χ0v) is 12.7. The summed E-state index contributed by atoms with van der Waals surface area (Å²) in [6.45, 7) is 1.65. The van der Waals surface area contributed by atoms with Gasteiger partial charge in [0.05, 0.1) is 18.5 Å². The molecule has 1 aliphatic rings. The van der Waals surface area contributed by atoms with E-state index < -0.39 is 10.0 Å². The lowest BCUT2D eigenvalue weighted by molar-refractivity contribution is -0.00410. The van der Waals surface area contributed by atoms with E-state index in [1.54, 1.807) is 24.3 Å². The van der Waals surface area contributed by atoms with Crippen molar-refractivity contribution in [3.05, 3.63) is 34.9 Å². The van der Waals surface area contributed by atoms with Crippen LogP contribution >= 0.6 is 11.6 Å². The van der Waals surface area contributed by atoms with Gasteiger partial charge in [0.2, 0.25) is 10.0 Å². The molecule has 1 fully saturated rings. The Bertz CT molecular complexity index is 548. The van der Waals surface area contributed by atoms with Gasteiger partial charge in [-0.2, -0.15) is 4.31 Å². The molecule has 0 saturated carbocycles. The first kappa shape index (κ1) is 15.7. The maximum atomic E-state index is 12.4. The van der Waals surface area contributed by atoms with Crippen molar-refractivity contribution < 1.29 is 13.2 Å². The number of nitrogens with two attached hydrogens (primary N) is 1. The Morgan fingerprint density at radius 1 is 1.40 bits per heavy atom. The summed E-state index contributed by atoms with van der Waals surface area (Å²) >= 11 is 6.02. The number of hydrogen-bond acceptors (Lipinski definition) is 4. The van der Waals surface area contributed by atoms with E-state index in [1.807, 2.05) is 0 Å². The van der Waals surface area contributed by atoms with Gasteiger partial charge in [0, 0.05) is 18.1 Å². The van der Waals surface area contributed by atoms with Crippen molar-refractivity contribution in [3.8, 4) is 0 Å². The van der Waals surface area contributed by atoms with Gasteiger partial charge in [-0.1, -0.05) is 29.8 Å². The van der Waals surface area contributed by atoms with Crippen molar-refractivity contribution >= 4 is 21.6 Å². The van der Waals surface area contributed by atoms with E-state index in [0.717, 1.165) is 0 Å². The van der Waals surface area contributed by atoms with Crippen LogP contribution in [0.2, 0.25) is 5.02 Å². The molecule has 7 heteroatoms. The van der Waals surface area contributed by atoms with Gasteiger partial charge in [-0.3, -0.25) is 0 Å². The summed E-state index contributed by atoms with van der Waals surface area (Å²) in [6, 6.07) is 7.00. The van der Waals surface area contributed by atoms with Crippen molar-refractivity contribution in [2.45, 2.75) is 18.3 Å². The van der Waals surface area contributed by atoms with E-state index in [0.29, 0.717) is 43.2 Å². The summed E-state index contributed by atoms with van der Waals surface area (Å²) < 4.78 is 31.9. The second kappa shape index (κ2) is 6.87.